The van der Waals surface area contributed by atoms with E-state index >= 15 is 0 Å². The minimum atomic E-state index is -0.310. The predicted molar refractivity (Wildman–Crippen MR) is 69.2 cm³/mol. The Labute approximate surface area is 111 Å². The number of nitrogens with zero attached hydrogens (tertiary/aromatic N) is 2. The standard InChI is InChI=1S/C13H17N3O3/c1-16-5-3-9(6-12(16)18)13(19)15-11-7-14-4-2-10(11)8-17/h2,4,7,9,17H,3,5-6,8H2,1H3,(H,15,19). The average molecular weight is 263 g/mol. The topological polar surface area (TPSA) is 82.5 Å². The summed E-state index contributed by atoms with van der Waals surface area (Å²) >= 11 is 0. The molecular formula is C13H17N3O3. The largest absolute Gasteiger partial charge is 0.392 e. The van der Waals surface area contributed by atoms with Crippen molar-refractivity contribution in [2.24, 2.45) is 5.92 Å². The number of aliphatic hydroxyl groups excluding tert-OH is 1. The van der Waals surface area contributed by atoms with Crippen molar-refractivity contribution in [1.29, 1.82) is 0 Å². The first-order valence-corrected chi connectivity index (χ1v) is 6.20. The fourth-order valence-electron chi connectivity index (χ4n) is 2.08. The van der Waals surface area contributed by atoms with Crippen LogP contribution in [0.5, 0.6) is 0 Å². The summed E-state index contributed by atoms with van der Waals surface area (Å²) in [5.41, 5.74) is 1.11. The predicted octanol–water partition coefficient (Wildman–Crippen LogP) is 0.381. The number of nitrogens with one attached hydrogen (secondary N) is 1. The molecule has 1 fully saturated rings. The minimum absolute atomic E-state index is 0.0139. The van der Waals surface area contributed by atoms with E-state index in [1.807, 2.05) is 0 Å². The van der Waals surface area contributed by atoms with Gasteiger partial charge < -0.3 is 15.3 Å². The van der Waals surface area contributed by atoms with Gasteiger partial charge in [-0.15, -0.1) is 0 Å². The highest BCUT2D eigenvalue weighted by molar-refractivity contribution is 5.96. The third-order valence-corrected chi connectivity index (χ3v) is 3.37. The van der Waals surface area contributed by atoms with Gasteiger partial charge in [0.25, 0.3) is 0 Å². The van der Waals surface area contributed by atoms with Crippen LogP contribution in [0.1, 0.15) is 18.4 Å². The summed E-state index contributed by atoms with van der Waals surface area (Å²) in [6, 6.07) is 1.65. The molecule has 6 nitrogen and oxygen atoms in total. The molecule has 0 spiro atoms. The molecule has 1 atom stereocenters. The summed E-state index contributed by atoms with van der Waals surface area (Å²) in [4.78, 5) is 29.2. The number of aliphatic hydroxyl groups is 1. The Balaban J connectivity index is 2.03. The van der Waals surface area contributed by atoms with E-state index in [0.717, 1.165) is 0 Å². The monoisotopic (exact) mass is 263 g/mol. The smallest absolute Gasteiger partial charge is 0.228 e. The number of carbonyl (C=O) groups is 2. The van der Waals surface area contributed by atoms with Crippen LogP contribution in [0.15, 0.2) is 18.5 Å². The van der Waals surface area contributed by atoms with Crippen molar-refractivity contribution < 1.29 is 14.7 Å². The van der Waals surface area contributed by atoms with Crippen LogP contribution in [0.2, 0.25) is 0 Å². The van der Waals surface area contributed by atoms with Crippen molar-refractivity contribution in [2.45, 2.75) is 19.4 Å². The van der Waals surface area contributed by atoms with Crippen molar-refractivity contribution in [3.63, 3.8) is 0 Å². The van der Waals surface area contributed by atoms with Gasteiger partial charge in [-0.25, -0.2) is 0 Å². The van der Waals surface area contributed by atoms with E-state index in [1.54, 1.807) is 24.2 Å². The number of anilines is 1. The first kappa shape index (κ1) is 13.5. The van der Waals surface area contributed by atoms with Crippen molar-refractivity contribution >= 4 is 17.5 Å². The summed E-state index contributed by atoms with van der Waals surface area (Å²) in [5.74, 6) is -0.514. The molecule has 0 saturated carbocycles. The second-order valence-corrected chi connectivity index (χ2v) is 4.69. The zero-order valence-corrected chi connectivity index (χ0v) is 10.8. The molecule has 0 bridgehead atoms. The second-order valence-electron chi connectivity index (χ2n) is 4.69. The van der Waals surface area contributed by atoms with Crippen LogP contribution in [0.25, 0.3) is 0 Å². The Morgan fingerprint density at radius 3 is 3.11 bits per heavy atom. The van der Waals surface area contributed by atoms with E-state index in [-0.39, 0.29) is 30.8 Å². The van der Waals surface area contributed by atoms with Crippen molar-refractivity contribution in [2.75, 3.05) is 18.9 Å². The third-order valence-electron chi connectivity index (χ3n) is 3.37. The Morgan fingerprint density at radius 1 is 1.63 bits per heavy atom. The van der Waals surface area contributed by atoms with Crippen LogP contribution in [0.3, 0.4) is 0 Å². The molecule has 1 aliphatic rings. The van der Waals surface area contributed by atoms with E-state index < -0.39 is 0 Å². The maximum atomic E-state index is 12.1. The van der Waals surface area contributed by atoms with Crippen molar-refractivity contribution in [1.82, 2.24) is 9.88 Å². The van der Waals surface area contributed by atoms with Gasteiger partial charge in [0.2, 0.25) is 11.8 Å². The van der Waals surface area contributed by atoms with Gasteiger partial charge in [-0.1, -0.05) is 0 Å². The van der Waals surface area contributed by atoms with Crippen LogP contribution in [-0.2, 0) is 16.2 Å². The molecule has 0 aromatic carbocycles. The molecule has 1 aromatic heterocycles. The molecular weight excluding hydrogens is 246 g/mol. The van der Waals surface area contributed by atoms with Gasteiger partial charge in [0, 0.05) is 37.7 Å². The maximum Gasteiger partial charge on any atom is 0.228 e. The lowest BCUT2D eigenvalue weighted by Crippen LogP contribution is -2.40. The molecule has 6 heteroatoms. The number of amides is 2. The summed E-state index contributed by atoms with van der Waals surface area (Å²) in [7, 11) is 1.74. The molecule has 19 heavy (non-hydrogen) atoms. The number of aromatic nitrogens is 1. The van der Waals surface area contributed by atoms with Gasteiger partial charge in [0.05, 0.1) is 18.5 Å². The molecule has 1 unspecified atom stereocenters. The van der Waals surface area contributed by atoms with Gasteiger partial charge in [0.15, 0.2) is 0 Å². The second kappa shape index (κ2) is 5.79. The summed E-state index contributed by atoms with van der Waals surface area (Å²) in [5, 5.41) is 11.9. The molecule has 2 amide bonds. The lowest BCUT2D eigenvalue weighted by atomic mass is 9.95. The van der Waals surface area contributed by atoms with E-state index in [9.17, 15) is 14.7 Å². The first-order valence-electron chi connectivity index (χ1n) is 6.20. The molecule has 2 heterocycles. The number of carbonyl (C=O) groups excluding carboxylic acids is 2. The van der Waals surface area contributed by atoms with Crippen LogP contribution in [0, 0.1) is 5.92 Å². The third kappa shape index (κ3) is 3.08. The number of rotatable bonds is 3. The molecule has 1 aromatic rings. The van der Waals surface area contributed by atoms with Crippen LogP contribution in [-0.4, -0.2) is 40.4 Å². The highest BCUT2D eigenvalue weighted by Crippen LogP contribution is 2.20. The first-order chi connectivity index (χ1) is 9.11. The van der Waals surface area contributed by atoms with E-state index in [4.69, 9.17) is 0 Å². The van der Waals surface area contributed by atoms with Gasteiger partial charge in [-0.3, -0.25) is 14.6 Å². The van der Waals surface area contributed by atoms with Crippen molar-refractivity contribution in [3.05, 3.63) is 24.0 Å². The molecule has 2 rings (SSSR count). The maximum absolute atomic E-state index is 12.1. The molecule has 2 N–H and O–H groups in total. The Hall–Kier alpha value is -1.95. The average Bonchev–Trinajstić information content (AvgIpc) is 2.42. The summed E-state index contributed by atoms with van der Waals surface area (Å²) in [6.45, 7) is 0.432. The van der Waals surface area contributed by atoms with Crippen molar-refractivity contribution in [3.8, 4) is 0 Å². The molecule has 0 aliphatic carbocycles. The number of pyridine rings is 1. The molecule has 1 aliphatic heterocycles. The van der Waals surface area contributed by atoms with Gasteiger partial charge in [0.1, 0.15) is 0 Å². The Bertz CT molecular complexity index is 490. The minimum Gasteiger partial charge on any atom is -0.392 e. The highest BCUT2D eigenvalue weighted by atomic mass is 16.3. The van der Waals surface area contributed by atoms with E-state index in [1.165, 1.54) is 6.20 Å². The van der Waals surface area contributed by atoms with Crippen LogP contribution < -0.4 is 5.32 Å². The Morgan fingerprint density at radius 2 is 2.42 bits per heavy atom. The van der Waals surface area contributed by atoms with Gasteiger partial charge in [-0.2, -0.15) is 0 Å². The van der Waals surface area contributed by atoms with Crippen LogP contribution in [0.4, 0.5) is 5.69 Å². The summed E-state index contributed by atoms with van der Waals surface area (Å²) < 4.78 is 0. The zero-order valence-electron chi connectivity index (χ0n) is 10.8. The summed E-state index contributed by atoms with van der Waals surface area (Å²) in [6.07, 6.45) is 3.94. The lowest BCUT2D eigenvalue weighted by Gasteiger charge is -2.28. The number of hydrogen-bond donors (Lipinski definition) is 2. The molecule has 1 saturated heterocycles. The van der Waals surface area contributed by atoms with E-state index in [2.05, 4.69) is 10.3 Å². The highest BCUT2D eigenvalue weighted by Gasteiger charge is 2.28. The molecule has 0 radical (unpaired) electrons. The van der Waals surface area contributed by atoms with E-state index in [0.29, 0.717) is 24.2 Å². The SMILES string of the molecule is CN1CCC(C(=O)Nc2cnccc2CO)CC1=O. The van der Waals surface area contributed by atoms with Crippen LogP contribution >= 0.6 is 0 Å². The fourth-order valence-corrected chi connectivity index (χ4v) is 2.08. The lowest BCUT2D eigenvalue weighted by molar-refractivity contribution is -0.137. The van der Waals surface area contributed by atoms with Gasteiger partial charge in [-0.05, 0) is 12.5 Å². The molecule has 102 valence electrons. The van der Waals surface area contributed by atoms with Gasteiger partial charge >= 0.3 is 0 Å². The Kier molecular flexibility index (Phi) is 4.11. The normalized spacial score (nSPS) is 19.4. The number of piperidine rings is 1. The fraction of sp³-hybridized carbons (Fsp3) is 0.462. The quantitative estimate of drug-likeness (QED) is 0.826. The number of hydrogen-bond acceptors (Lipinski definition) is 4. The zero-order chi connectivity index (χ0) is 13.8. The number of likely N-dealkylation sites (tertiary alicyclic amines) is 1.